The molecule has 0 atom stereocenters. The monoisotopic (exact) mass is 446 g/mol. The molecule has 0 aromatic carbocycles. The van der Waals surface area contributed by atoms with E-state index in [1.807, 2.05) is 0 Å². The summed E-state index contributed by atoms with van der Waals surface area (Å²) in [6, 6.07) is 0. The Morgan fingerprint density at radius 2 is 1.09 bits per heavy atom. The molecule has 0 amide bonds. The molecule has 4 heteroatoms. The molecular formula is C28H46O4. The molecule has 0 saturated heterocycles. The Labute approximate surface area is 196 Å². The molecule has 1 aliphatic rings. The summed E-state index contributed by atoms with van der Waals surface area (Å²) in [6.07, 6.45) is 24.1. The second kappa shape index (κ2) is 17.7. The molecule has 0 unspecified atom stereocenters. The van der Waals surface area contributed by atoms with Gasteiger partial charge in [0.2, 0.25) is 11.6 Å². The SMILES string of the molecule is CCCC/C=C/CCCCCCCCCCCCCC1=C(OC)C(=O)C(C)=C(OC)C1=O. The van der Waals surface area contributed by atoms with Gasteiger partial charge >= 0.3 is 0 Å². The van der Waals surface area contributed by atoms with Crippen molar-refractivity contribution < 1.29 is 19.1 Å². The molecule has 0 aromatic rings. The summed E-state index contributed by atoms with van der Waals surface area (Å²) in [6.45, 7) is 3.85. The molecule has 0 heterocycles. The molecule has 0 aromatic heterocycles. The maximum absolute atomic E-state index is 12.6. The minimum Gasteiger partial charge on any atom is -0.492 e. The summed E-state index contributed by atoms with van der Waals surface area (Å²) in [5.74, 6) is -0.0774. The number of methoxy groups -OCH3 is 2. The first-order chi connectivity index (χ1) is 15.6. The van der Waals surface area contributed by atoms with E-state index in [-0.39, 0.29) is 23.1 Å². The van der Waals surface area contributed by atoms with Gasteiger partial charge in [0.15, 0.2) is 11.5 Å². The van der Waals surface area contributed by atoms with Gasteiger partial charge in [-0.3, -0.25) is 9.59 Å². The Bertz CT molecular complexity index is 654. The van der Waals surface area contributed by atoms with Crippen molar-refractivity contribution >= 4 is 11.6 Å². The normalized spacial score (nSPS) is 14.8. The van der Waals surface area contributed by atoms with Crippen molar-refractivity contribution in [3.63, 3.8) is 0 Å². The Morgan fingerprint density at radius 1 is 0.625 bits per heavy atom. The summed E-state index contributed by atoms with van der Waals surface area (Å²) in [5.41, 5.74) is 0.800. The lowest BCUT2D eigenvalue weighted by atomic mass is 9.90. The highest BCUT2D eigenvalue weighted by atomic mass is 16.5. The third-order valence-electron chi connectivity index (χ3n) is 6.24. The van der Waals surface area contributed by atoms with Crippen molar-refractivity contribution in [1.82, 2.24) is 0 Å². The van der Waals surface area contributed by atoms with E-state index in [0.29, 0.717) is 17.6 Å². The van der Waals surface area contributed by atoms with Gasteiger partial charge in [0.05, 0.1) is 14.2 Å². The first kappa shape index (κ1) is 28.2. The average molecular weight is 447 g/mol. The number of ether oxygens (including phenoxy) is 2. The van der Waals surface area contributed by atoms with Crippen LogP contribution in [0.3, 0.4) is 0 Å². The van der Waals surface area contributed by atoms with Crippen LogP contribution in [0.1, 0.15) is 117 Å². The van der Waals surface area contributed by atoms with Gasteiger partial charge in [-0.25, -0.2) is 0 Å². The molecule has 0 aliphatic heterocycles. The average Bonchev–Trinajstić information content (AvgIpc) is 2.79. The molecular weight excluding hydrogens is 400 g/mol. The van der Waals surface area contributed by atoms with Crippen LogP contribution in [0.5, 0.6) is 0 Å². The minimum atomic E-state index is -0.234. The largest absolute Gasteiger partial charge is 0.492 e. The van der Waals surface area contributed by atoms with E-state index < -0.39 is 0 Å². The van der Waals surface area contributed by atoms with Crippen LogP contribution in [0, 0.1) is 0 Å². The van der Waals surface area contributed by atoms with Crippen LogP contribution >= 0.6 is 0 Å². The fourth-order valence-electron chi connectivity index (χ4n) is 4.22. The van der Waals surface area contributed by atoms with Crippen LogP contribution in [0.4, 0.5) is 0 Å². The fraction of sp³-hybridized carbons (Fsp3) is 0.714. The van der Waals surface area contributed by atoms with Crippen LogP contribution < -0.4 is 0 Å². The number of hydrogen-bond acceptors (Lipinski definition) is 4. The number of allylic oxidation sites excluding steroid dienone is 4. The van der Waals surface area contributed by atoms with Crippen molar-refractivity contribution in [2.75, 3.05) is 14.2 Å². The number of rotatable bonds is 19. The van der Waals surface area contributed by atoms with Crippen LogP contribution in [0.15, 0.2) is 34.8 Å². The van der Waals surface area contributed by atoms with E-state index in [9.17, 15) is 9.59 Å². The second-order valence-corrected chi connectivity index (χ2v) is 8.87. The summed E-state index contributed by atoms with van der Waals surface area (Å²) in [7, 11) is 2.89. The third-order valence-corrected chi connectivity index (χ3v) is 6.24. The van der Waals surface area contributed by atoms with Gasteiger partial charge in [-0.05, 0) is 39.0 Å². The fourth-order valence-corrected chi connectivity index (χ4v) is 4.22. The van der Waals surface area contributed by atoms with Crippen molar-refractivity contribution in [2.24, 2.45) is 0 Å². The lowest BCUT2D eigenvalue weighted by molar-refractivity contribution is -0.120. The minimum absolute atomic E-state index is 0.161. The summed E-state index contributed by atoms with van der Waals surface area (Å²) < 4.78 is 10.4. The first-order valence-corrected chi connectivity index (χ1v) is 12.8. The number of carbonyl (C=O) groups is 2. The lowest BCUT2D eigenvalue weighted by Crippen LogP contribution is -2.25. The van der Waals surface area contributed by atoms with Gasteiger partial charge < -0.3 is 9.47 Å². The van der Waals surface area contributed by atoms with Crippen molar-refractivity contribution in [3.8, 4) is 0 Å². The second-order valence-electron chi connectivity index (χ2n) is 8.87. The predicted molar refractivity (Wildman–Crippen MR) is 132 cm³/mol. The Kier molecular flexibility index (Phi) is 15.6. The summed E-state index contributed by atoms with van der Waals surface area (Å²) in [4.78, 5) is 25.0. The summed E-state index contributed by atoms with van der Waals surface area (Å²) in [5, 5.41) is 0. The number of unbranched alkanes of at least 4 members (excludes halogenated alkanes) is 13. The van der Waals surface area contributed by atoms with Crippen LogP contribution in [-0.4, -0.2) is 25.8 Å². The van der Waals surface area contributed by atoms with E-state index in [4.69, 9.17) is 9.47 Å². The smallest absolute Gasteiger partial charge is 0.227 e. The van der Waals surface area contributed by atoms with Crippen molar-refractivity contribution in [3.05, 3.63) is 34.8 Å². The van der Waals surface area contributed by atoms with Crippen LogP contribution in [-0.2, 0) is 19.1 Å². The van der Waals surface area contributed by atoms with E-state index in [0.717, 1.165) is 12.8 Å². The number of Topliss-reactive ketones (excluding diaryl/α,β-unsaturated/α-hetero) is 2. The maximum atomic E-state index is 12.6. The third kappa shape index (κ3) is 10.2. The highest BCUT2D eigenvalue weighted by molar-refractivity contribution is 6.23. The molecule has 32 heavy (non-hydrogen) atoms. The maximum Gasteiger partial charge on any atom is 0.227 e. The van der Waals surface area contributed by atoms with E-state index in [1.165, 1.54) is 97.7 Å². The quantitative estimate of drug-likeness (QED) is 0.115. The zero-order chi connectivity index (χ0) is 23.6. The van der Waals surface area contributed by atoms with Crippen molar-refractivity contribution in [2.45, 2.75) is 117 Å². The molecule has 1 aliphatic carbocycles. The highest BCUT2D eigenvalue weighted by Gasteiger charge is 2.33. The van der Waals surface area contributed by atoms with E-state index >= 15 is 0 Å². The van der Waals surface area contributed by atoms with Gasteiger partial charge in [0, 0.05) is 11.1 Å². The Hall–Kier alpha value is -1.84. The summed E-state index contributed by atoms with van der Waals surface area (Å²) >= 11 is 0. The number of carbonyl (C=O) groups excluding carboxylic acids is 2. The zero-order valence-corrected chi connectivity index (χ0v) is 21.1. The van der Waals surface area contributed by atoms with Gasteiger partial charge in [0.25, 0.3) is 0 Å². The predicted octanol–water partition coefficient (Wildman–Crippen LogP) is 7.78. The van der Waals surface area contributed by atoms with Gasteiger partial charge in [-0.15, -0.1) is 0 Å². The van der Waals surface area contributed by atoms with Crippen LogP contribution in [0.25, 0.3) is 0 Å². The molecule has 1 rings (SSSR count). The standard InChI is InChI=1S/C28H46O4/c1-5-6-7-8-9-10-11-12-13-14-15-16-17-18-19-20-21-22-24-26(30)27(31-3)23(2)25(29)28(24)32-4/h8-9H,5-7,10-22H2,1-4H3/b9-8+. The number of ketones is 2. The molecule has 0 radical (unpaired) electrons. The van der Waals surface area contributed by atoms with Gasteiger partial charge in [-0.2, -0.15) is 0 Å². The Balaban J connectivity index is 2.06. The molecule has 0 bridgehead atoms. The molecule has 4 nitrogen and oxygen atoms in total. The molecule has 0 saturated carbocycles. The first-order valence-electron chi connectivity index (χ1n) is 12.8. The van der Waals surface area contributed by atoms with E-state index in [2.05, 4.69) is 19.1 Å². The Morgan fingerprint density at radius 3 is 1.59 bits per heavy atom. The van der Waals surface area contributed by atoms with Crippen LogP contribution in [0.2, 0.25) is 0 Å². The van der Waals surface area contributed by atoms with Gasteiger partial charge in [-0.1, -0.05) is 89.7 Å². The molecule has 0 fully saturated rings. The molecule has 182 valence electrons. The van der Waals surface area contributed by atoms with Gasteiger partial charge in [0.1, 0.15) is 0 Å². The van der Waals surface area contributed by atoms with E-state index in [1.54, 1.807) is 6.92 Å². The topological polar surface area (TPSA) is 52.6 Å². The molecule has 0 N–H and O–H groups in total. The lowest BCUT2D eigenvalue weighted by Gasteiger charge is -2.20. The number of hydrogen-bond donors (Lipinski definition) is 0. The van der Waals surface area contributed by atoms with Crippen molar-refractivity contribution in [1.29, 1.82) is 0 Å². The molecule has 0 spiro atoms. The zero-order valence-electron chi connectivity index (χ0n) is 21.1. The highest BCUT2D eigenvalue weighted by Crippen LogP contribution is 2.29.